The molecule has 1 aromatic rings. The minimum Gasteiger partial charge on any atom is -0.342 e. The highest BCUT2D eigenvalue weighted by molar-refractivity contribution is 5.78. The van der Waals surface area contributed by atoms with Crippen molar-refractivity contribution in [3.05, 3.63) is 41.5 Å². The number of hydrogen-bond donors (Lipinski definition) is 1. The maximum Gasteiger partial charge on any atom is 0.236 e. The molecule has 3 nitrogen and oxygen atoms in total. The topological polar surface area (TPSA) is 32.3 Å². The summed E-state index contributed by atoms with van der Waals surface area (Å²) in [6.45, 7) is 4.43. The average Bonchev–Trinajstić information content (AvgIpc) is 2.67. The molecule has 1 aliphatic carbocycles. The molecule has 136 valence electrons. The monoisotopic (exact) mass is 340 g/mol. The van der Waals surface area contributed by atoms with Crippen molar-refractivity contribution in [3.63, 3.8) is 0 Å². The van der Waals surface area contributed by atoms with Gasteiger partial charge in [-0.25, -0.2) is 0 Å². The largest absolute Gasteiger partial charge is 0.342 e. The summed E-state index contributed by atoms with van der Waals surface area (Å²) in [6, 6.07) is 9.20. The van der Waals surface area contributed by atoms with Crippen molar-refractivity contribution in [2.45, 2.75) is 57.9 Å². The van der Waals surface area contributed by atoms with Gasteiger partial charge in [0.2, 0.25) is 5.91 Å². The Morgan fingerprint density at radius 2 is 1.76 bits per heavy atom. The molecule has 2 fully saturated rings. The van der Waals surface area contributed by atoms with E-state index in [4.69, 9.17) is 0 Å². The number of nitrogens with zero attached hydrogens (tertiary/aromatic N) is 1. The summed E-state index contributed by atoms with van der Waals surface area (Å²) in [5.41, 5.74) is 2.56. The number of piperidine rings is 1. The van der Waals surface area contributed by atoms with Crippen molar-refractivity contribution in [2.24, 2.45) is 5.92 Å². The molecule has 1 N–H and O–H groups in total. The van der Waals surface area contributed by atoms with E-state index in [0.29, 0.717) is 18.5 Å². The third-order valence-corrected chi connectivity index (χ3v) is 5.68. The molecule has 1 amide bonds. The molecule has 2 aliphatic rings. The minimum atomic E-state index is 0.284. The third-order valence-electron chi connectivity index (χ3n) is 5.68. The molecule has 0 spiro atoms. The minimum absolute atomic E-state index is 0.284. The molecule has 1 saturated heterocycles. The van der Waals surface area contributed by atoms with Crippen LogP contribution in [-0.4, -0.2) is 36.5 Å². The zero-order valence-corrected chi connectivity index (χ0v) is 15.5. The van der Waals surface area contributed by atoms with Crippen LogP contribution in [0.15, 0.2) is 30.3 Å². The molecule has 1 aliphatic heterocycles. The summed E-state index contributed by atoms with van der Waals surface area (Å²) in [5.74, 6) is 0.878. The standard InChI is InChI=1S/C22H32N2O/c1-18-7-9-19(10-8-18)11-12-20-13-15-24(16-14-20)22(25)17-23-21-5-3-2-4-6-21/h7-12,20-21,23H,2-6,13-17H2,1H3/b12-11+. The van der Waals surface area contributed by atoms with Crippen molar-refractivity contribution in [1.29, 1.82) is 0 Å². The average molecular weight is 341 g/mol. The molecule has 0 atom stereocenters. The van der Waals surface area contributed by atoms with E-state index in [1.807, 2.05) is 4.90 Å². The Bertz CT molecular complexity index is 564. The van der Waals surface area contributed by atoms with Gasteiger partial charge in [-0.1, -0.05) is 61.2 Å². The van der Waals surface area contributed by atoms with Crippen LogP contribution in [0.25, 0.3) is 6.08 Å². The summed E-state index contributed by atoms with van der Waals surface area (Å²) in [7, 11) is 0. The maximum atomic E-state index is 12.4. The fourth-order valence-corrected chi connectivity index (χ4v) is 3.92. The summed E-state index contributed by atoms with van der Waals surface area (Å²) in [5, 5.41) is 3.48. The molecule has 1 saturated carbocycles. The van der Waals surface area contributed by atoms with E-state index in [2.05, 4.69) is 48.7 Å². The number of nitrogens with one attached hydrogen (secondary N) is 1. The number of benzene rings is 1. The number of carbonyl (C=O) groups is 1. The first kappa shape index (κ1) is 18.2. The molecular formula is C22H32N2O. The van der Waals surface area contributed by atoms with Crippen LogP contribution in [0.4, 0.5) is 0 Å². The highest BCUT2D eigenvalue weighted by Gasteiger charge is 2.22. The first-order valence-electron chi connectivity index (χ1n) is 9.97. The Balaban J connectivity index is 1.38. The van der Waals surface area contributed by atoms with E-state index in [9.17, 15) is 4.79 Å². The van der Waals surface area contributed by atoms with Crippen molar-refractivity contribution in [1.82, 2.24) is 10.2 Å². The Morgan fingerprint density at radius 1 is 1.08 bits per heavy atom. The van der Waals surface area contributed by atoms with Crippen LogP contribution < -0.4 is 5.32 Å². The molecule has 0 aromatic heterocycles. The van der Waals surface area contributed by atoms with Gasteiger partial charge >= 0.3 is 0 Å². The van der Waals surface area contributed by atoms with Gasteiger partial charge in [-0.3, -0.25) is 4.79 Å². The molecule has 25 heavy (non-hydrogen) atoms. The van der Waals surface area contributed by atoms with Crippen molar-refractivity contribution < 1.29 is 4.79 Å². The van der Waals surface area contributed by atoms with E-state index < -0.39 is 0 Å². The molecule has 3 rings (SSSR count). The smallest absolute Gasteiger partial charge is 0.236 e. The van der Waals surface area contributed by atoms with Crippen LogP contribution >= 0.6 is 0 Å². The highest BCUT2D eigenvalue weighted by Crippen LogP contribution is 2.20. The van der Waals surface area contributed by atoms with Crippen LogP contribution in [-0.2, 0) is 4.79 Å². The quantitative estimate of drug-likeness (QED) is 0.872. The maximum absolute atomic E-state index is 12.4. The molecule has 1 aromatic carbocycles. The van der Waals surface area contributed by atoms with Crippen molar-refractivity contribution >= 4 is 12.0 Å². The molecule has 1 heterocycles. The van der Waals surface area contributed by atoms with Crippen LogP contribution in [0.1, 0.15) is 56.1 Å². The second-order valence-electron chi connectivity index (χ2n) is 7.70. The van der Waals surface area contributed by atoms with Crippen LogP contribution in [0, 0.1) is 12.8 Å². The van der Waals surface area contributed by atoms with E-state index in [1.165, 1.54) is 43.2 Å². The Hall–Kier alpha value is -1.61. The normalized spacial score (nSPS) is 20.3. The second kappa shape index (κ2) is 9.19. The molecule has 0 bridgehead atoms. The molecule has 3 heteroatoms. The van der Waals surface area contributed by atoms with Gasteiger partial charge in [-0.05, 0) is 44.1 Å². The number of amides is 1. The highest BCUT2D eigenvalue weighted by atomic mass is 16.2. The lowest BCUT2D eigenvalue weighted by molar-refractivity contribution is -0.131. The van der Waals surface area contributed by atoms with E-state index >= 15 is 0 Å². The first-order valence-corrected chi connectivity index (χ1v) is 9.97. The van der Waals surface area contributed by atoms with Crippen LogP contribution in [0.5, 0.6) is 0 Å². The first-order chi connectivity index (χ1) is 12.2. The van der Waals surface area contributed by atoms with Gasteiger partial charge in [-0.2, -0.15) is 0 Å². The SMILES string of the molecule is Cc1ccc(/C=C/C2CCN(C(=O)CNC3CCCCC3)CC2)cc1. The zero-order valence-electron chi connectivity index (χ0n) is 15.5. The Labute approximate surface area is 152 Å². The van der Waals surface area contributed by atoms with E-state index in [1.54, 1.807) is 0 Å². The summed E-state index contributed by atoms with van der Waals surface area (Å²) >= 11 is 0. The zero-order chi connectivity index (χ0) is 17.5. The Morgan fingerprint density at radius 3 is 2.44 bits per heavy atom. The lowest BCUT2D eigenvalue weighted by Gasteiger charge is -2.32. The van der Waals surface area contributed by atoms with Gasteiger partial charge in [0.15, 0.2) is 0 Å². The molecule has 0 radical (unpaired) electrons. The number of likely N-dealkylation sites (tertiary alicyclic amines) is 1. The van der Waals surface area contributed by atoms with Gasteiger partial charge in [0, 0.05) is 19.1 Å². The fraction of sp³-hybridized carbons (Fsp3) is 0.591. The van der Waals surface area contributed by atoms with Crippen molar-refractivity contribution in [2.75, 3.05) is 19.6 Å². The third kappa shape index (κ3) is 5.71. The fourth-order valence-electron chi connectivity index (χ4n) is 3.92. The second-order valence-corrected chi connectivity index (χ2v) is 7.70. The van der Waals surface area contributed by atoms with E-state index in [0.717, 1.165) is 25.9 Å². The summed E-state index contributed by atoms with van der Waals surface area (Å²) < 4.78 is 0. The lowest BCUT2D eigenvalue weighted by atomic mass is 9.95. The lowest BCUT2D eigenvalue weighted by Crippen LogP contribution is -2.45. The van der Waals surface area contributed by atoms with Gasteiger partial charge < -0.3 is 10.2 Å². The van der Waals surface area contributed by atoms with Crippen molar-refractivity contribution in [3.8, 4) is 0 Å². The van der Waals surface area contributed by atoms with Gasteiger partial charge in [0.1, 0.15) is 0 Å². The predicted molar refractivity (Wildman–Crippen MR) is 104 cm³/mol. The van der Waals surface area contributed by atoms with Gasteiger partial charge in [0.05, 0.1) is 6.54 Å². The van der Waals surface area contributed by atoms with Gasteiger partial charge in [-0.15, -0.1) is 0 Å². The summed E-state index contributed by atoms with van der Waals surface area (Å²) in [4.78, 5) is 14.5. The molecule has 0 unspecified atom stereocenters. The molecular weight excluding hydrogens is 308 g/mol. The number of aryl methyl sites for hydroxylation is 1. The number of carbonyl (C=O) groups excluding carboxylic acids is 1. The van der Waals surface area contributed by atoms with Gasteiger partial charge in [0.25, 0.3) is 0 Å². The predicted octanol–water partition coefficient (Wildman–Crippen LogP) is 4.17. The van der Waals surface area contributed by atoms with Crippen LogP contribution in [0.3, 0.4) is 0 Å². The number of hydrogen-bond acceptors (Lipinski definition) is 2. The number of rotatable bonds is 5. The van der Waals surface area contributed by atoms with Crippen LogP contribution in [0.2, 0.25) is 0 Å². The summed E-state index contributed by atoms with van der Waals surface area (Å²) in [6.07, 6.45) is 13.2. The van der Waals surface area contributed by atoms with E-state index in [-0.39, 0.29) is 5.91 Å². The number of allylic oxidation sites excluding steroid dienone is 1. The Kier molecular flexibility index (Phi) is 6.69.